The smallest absolute Gasteiger partial charge is 0.257 e. The van der Waals surface area contributed by atoms with E-state index in [1.54, 1.807) is 12.1 Å². The highest BCUT2D eigenvalue weighted by Crippen LogP contribution is 2.23. The number of benzene rings is 3. The molecule has 7 heteroatoms. The molecular weight excluding hydrogens is 467 g/mol. The van der Waals surface area contributed by atoms with Crippen molar-refractivity contribution in [3.63, 3.8) is 0 Å². The maximum absolute atomic E-state index is 13.7. The number of carbonyl (C=O) groups is 1. The number of rotatable bonds is 6. The molecule has 0 spiro atoms. The molecule has 0 saturated heterocycles. The average molecular weight is 497 g/mol. The molecule has 2 heterocycles. The van der Waals surface area contributed by atoms with Crippen LogP contribution < -0.4 is 10.9 Å². The molecule has 6 nitrogen and oxygen atoms in total. The molecule has 3 aromatic carbocycles. The van der Waals surface area contributed by atoms with Crippen molar-refractivity contribution in [2.45, 2.75) is 39.9 Å². The number of fused-ring (bicyclic) bond motifs is 1. The largest absolute Gasteiger partial charge is 0.324 e. The Balaban J connectivity index is 1.49. The molecule has 5 rings (SSSR count). The van der Waals surface area contributed by atoms with E-state index in [-0.39, 0.29) is 23.8 Å². The fourth-order valence-electron chi connectivity index (χ4n) is 4.74. The lowest BCUT2D eigenvalue weighted by molar-refractivity contribution is -0.116. The second-order valence-electron chi connectivity index (χ2n) is 9.50. The van der Waals surface area contributed by atoms with Crippen LogP contribution in [0.2, 0.25) is 0 Å². The molecule has 0 aliphatic carbocycles. The first-order valence-corrected chi connectivity index (χ1v) is 12.4. The molecule has 1 N–H and O–H groups in total. The van der Waals surface area contributed by atoms with Crippen molar-refractivity contribution in [2.24, 2.45) is 0 Å². The highest BCUT2D eigenvalue weighted by Gasteiger charge is 2.25. The third-order valence-electron chi connectivity index (χ3n) is 6.93. The first kappa shape index (κ1) is 24.6. The summed E-state index contributed by atoms with van der Waals surface area (Å²) < 4.78 is 15.1. The van der Waals surface area contributed by atoms with Crippen LogP contribution in [0.3, 0.4) is 0 Å². The van der Waals surface area contributed by atoms with Gasteiger partial charge < -0.3 is 5.32 Å². The summed E-state index contributed by atoms with van der Waals surface area (Å²) in [5.41, 5.74) is 5.65. The van der Waals surface area contributed by atoms with E-state index in [4.69, 9.17) is 4.98 Å². The quantitative estimate of drug-likeness (QED) is 0.414. The van der Waals surface area contributed by atoms with Gasteiger partial charge in [0.15, 0.2) is 0 Å². The summed E-state index contributed by atoms with van der Waals surface area (Å²) >= 11 is 0. The Morgan fingerprint density at radius 2 is 1.76 bits per heavy atom. The summed E-state index contributed by atoms with van der Waals surface area (Å²) in [5, 5.41) is 2.93. The zero-order valence-electron chi connectivity index (χ0n) is 21.0. The number of nitrogens with zero attached hydrogens (tertiary/aromatic N) is 3. The fourth-order valence-corrected chi connectivity index (χ4v) is 4.74. The summed E-state index contributed by atoms with van der Waals surface area (Å²) in [6, 6.07) is 21.7. The molecular formula is C30H29FN4O2. The van der Waals surface area contributed by atoms with Crippen molar-refractivity contribution in [1.82, 2.24) is 14.5 Å². The Morgan fingerprint density at radius 1 is 1.00 bits per heavy atom. The van der Waals surface area contributed by atoms with Crippen LogP contribution in [-0.4, -0.2) is 26.9 Å². The molecule has 1 aliphatic rings. The van der Waals surface area contributed by atoms with Crippen LogP contribution in [0.15, 0.2) is 77.6 Å². The number of carbonyl (C=O) groups excluding carboxylic acids is 1. The lowest BCUT2D eigenvalue weighted by Crippen LogP contribution is -2.39. The van der Waals surface area contributed by atoms with E-state index in [2.05, 4.69) is 22.3 Å². The second-order valence-corrected chi connectivity index (χ2v) is 9.50. The number of aromatic nitrogens is 2. The van der Waals surface area contributed by atoms with E-state index in [1.807, 2.05) is 50.2 Å². The van der Waals surface area contributed by atoms with Gasteiger partial charge in [-0.05, 0) is 67.3 Å². The highest BCUT2D eigenvalue weighted by molar-refractivity contribution is 5.91. The van der Waals surface area contributed by atoms with Gasteiger partial charge in [0.05, 0.1) is 5.69 Å². The summed E-state index contributed by atoms with van der Waals surface area (Å²) in [4.78, 5) is 33.9. The normalized spacial score (nSPS) is 13.3. The Bertz CT molecular complexity index is 1500. The Morgan fingerprint density at radius 3 is 2.51 bits per heavy atom. The molecule has 0 bridgehead atoms. The summed E-state index contributed by atoms with van der Waals surface area (Å²) in [6.45, 7) is 5.76. The number of hydrogen-bond acceptors (Lipinski definition) is 4. The monoisotopic (exact) mass is 496 g/mol. The highest BCUT2D eigenvalue weighted by atomic mass is 19.1. The minimum atomic E-state index is -0.377. The van der Waals surface area contributed by atoms with Gasteiger partial charge in [0.1, 0.15) is 18.2 Å². The molecule has 1 amide bonds. The van der Waals surface area contributed by atoms with Crippen molar-refractivity contribution in [3.8, 4) is 11.4 Å². The number of halogens is 1. The molecule has 4 aromatic rings. The van der Waals surface area contributed by atoms with E-state index in [0.29, 0.717) is 41.3 Å². The molecule has 0 fully saturated rings. The SMILES string of the molecule is Cc1cccc(NC(=O)Cn2c(-c3ccc(F)cc3)nc3c(c2=O)CCN(Cc2ccccc2)C3)c1C. The van der Waals surface area contributed by atoms with Gasteiger partial charge in [-0.1, -0.05) is 42.5 Å². The molecule has 37 heavy (non-hydrogen) atoms. The van der Waals surface area contributed by atoms with Gasteiger partial charge in [0, 0.05) is 36.4 Å². The first-order valence-electron chi connectivity index (χ1n) is 12.4. The minimum Gasteiger partial charge on any atom is -0.324 e. The van der Waals surface area contributed by atoms with Crippen molar-refractivity contribution >= 4 is 11.6 Å². The van der Waals surface area contributed by atoms with Gasteiger partial charge in [-0.2, -0.15) is 0 Å². The third kappa shape index (κ3) is 5.37. The number of amides is 1. The predicted octanol–water partition coefficient (Wildman–Crippen LogP) is 4.86. The third-order valence-corrected chi connectivity index (χ3v) is 6.93. The van der Waals surface area contributed by atoms with E-state index in [0.717, 1.165) is 24.2 Å². The number of hydrogen-bond donors (Lipinski definition) is 1. The Hall–Kier alpha value is -4.10. The molecule has 188 valence electrons. The van der Waals surface area contributed by atoms with Crippen molar-refractivity contribution in [1.29, 1.82) is 0 Å². The van der Waals surface area contributed by atoms with Crippen molar-refractivity contribution in [2.75, 3.05) is 11.9 Å². The maximum Gasteiger partial charge on any atom is 0.257 e. The average Bonchev–Trinajstić information content (AvgIpc) is 2.89. The molecule has 0 atom stereocenters. The molecule has 0 radical (unpaired) electrons. The molecule has 1 aromatic heterocycles. The van der Waals surface area contributed by atoms with Gasteiger partial charge in [-0.3, -0.25) is 19.1 Å². The van der Waals surface area contributed by atoms with E-state index >= 15 is 0 Å². The van der Waals surface area contributed by atoms with Crippen LogP contribution in [0.25, 0.3) is 11.4 Å². The number of anilines is 1. The van der Waals surface area contributed by atoms with Gasteiger partial charge in [0.2, 0.25) is 5.91 Å². The van der Waals surface area contributed by atoms with E-state index in [1.165, 1.54) is 22.3 Å². The number of aryl methyl sites for hydroxylation is 1. The van der Waals surface area contributed by atoms with Crippen LogP contribution >= 0.6 is 0 Å². The van der Waals surface area contributed by atoms with Gasteiger partial charge in [-0.15, -0.1) is 0 Å². The second kappa shape index (κ2) is 10.5. The lowest BCUT2D eigenvalue weighted by atomic mass is 10.0. The topological polar surface area (TPSA) is 67.2 Å². The van der Waals surface area contributed by atoms with Gasteiger partial charge in [-0.25, -0.2) is 9.37 Å². The standard InChI is InChI=1S/C30H29FN4O2/c1-20-7-6-10-26(21(20)2)32-28(36)19-35-29(23-11-13-24(31)14-12-23)33-27-18-34(16-15-25(27)30(35)37)17-22-8-4-3-5-9-22/h3-14H,15-19H2,1-2H3,(H,32,36). The van der Waals surface area contributed by atoms with E-state index < -0.39 is 0 Å². The zero-order chi connectivity index (χ0) is 25.9. The van der Waals surface area contributed by atoms with Crippen LogP contribution in [-0.2, 0) is 30.8 Å². The lowest BCUT2D eigenvalue weighted by Gasteiger charge is -2.29. The molecule has 1 aliphatic heterocycles. The Kier molecular flexibility index (Phi) is 6.97. The van der Waals surface area contributed by atoms with Crippen LogP contribution in [0.4, 0.5) is 10.1 Å². The van der Waals surface area contributed by atoms with Crippen LogP contribution in [0, 0.1) is 19.7 Å². The molecule has 0 saturated carbocycles. The molecule has 0 unspecified atom stereocenters. The zero-order valence-corrected chi connectivity index (χ0v) is 21.0. The predicted molar refractivity (Wildman–Crippen MR) is 143 cm³/mol. The van der Waals surface area contributed by atoms with Gasteiger partial charge >= 0.3 is 0 Å². The minimum absolute atomic E-state index is 0.188. The summed E-state index contributed by atoms with van der Waals surface area (Å²) in [7, 11) is 0. The summed E-state index contributed by atoms with van der Waals surface area (Å²) in [5.74, 6) is -0.332. The summed E-state index contributed by atoms with van der Waals surface area (Å²) in [6.07, 6.45) is 0.552. The van der Waals surface area contributed by atoms with Crippen molar-refractivity contribution < 1.29 is 9.18 Å². The fraction of sp³-hybridized carbons (Fsp3) is 0.233. The Labute approximate surface area is 215 Å². The van der Waals surface area contributed by atoms with Crippen LogP contribution in [0.5, 0.6) is 0 Å². The van der Waals surface area contributed by atoms with Crippen molar-refractivity contribution in [3.05, 3.63) is 117 Å². The maximum atomic E-state index is 13.7. The number of nitrogens with one attached hydrogen (secondary N) is 1. The van der Waals surface area contributed by atoms with Crippen LogP contribution in [0.1, 0.15) is 27.9 Å². The first-order chi connectivity index (χ1) is 17.9. The van der Waals surface area contributed by atoms with E-state index in [9.17, 15) is 14.0 Å². The van der Waals surface area contributed by atoms with Gasteiger partial charge in [0.25, 0.3) is 5.56 Å².